The van der Waals surface area contributed by atoms with Crippen LogP contribution in [0.4, 0.5) is 0 Å². The summed E-state index contributed by atoms with van der Waals surface area (Å²) in [5, 5.41) is 4.01. The molecule has 2 rings (SSSR count). The standard InChI is InChI=1S/C16H18ClNO2/c1-19-15-6-4-3-5-13(15)11-18-10-12-7-8-16(20-2)14(17)9-12/h3-9,18H,10-11H2,1-2H3. The average Bonchev–Trinajstić information content (AvgIpc) is 2.48. The number of hydrogen-bond donors (Lipinski definition) is 1. The van der Waals surface area contributed by atoms with Gasteiger partial charge in [-0.2, -0.15) is 0 Å². The minimum Gasteiger partial charge on any atom is -0.496 e. The molecular formula is C16H18ClNO2. The molecule has 0 saturated heterocycles. The Labute approximate surface area is 124 Å². The SMILES string of the molecule is COc1ccc(CNCc2ccccc2OC)cc1Cl. The van der Waals surface area contributed by atoms with Crippen LogP contribution in [0.15, 0.2) is 42.5 Å². The van der Waals surface area contributed by atoms with E-state index in [1.165, 1.54) is 0 Å². The van der Waals surface area contributed by atoms with Crippen molar-refractivity contribution in [1.82, 2.24) is 5.32 Å². The fourth-order valence-corrected chi connectivity index (χ4v) is 2.29. The zero-order valence-corrected chi connectivity index (χ0v) is 12.4. The van der Waals surface area contributed by atoms with E-state index in [2.05, 4.69) is 5.32 Å². The lowest BCUT2D eigenvalue weighted by Crippen LogP contribution is -2.13. The summed E-state index contributed by atoms with van der Waals surface area (Å²) in [5.74, 6) is 1.59. The van der Waals surface area contributed by atoms with Crippen LogP contribution in [-0.4, -0.2) is 14.2 Å². The van der Waals surface area contributed by atoms with Gasteiger partial charge in [-0.05, 0) is 23.8 Å². The van der Waals surface area contributed by atoms with Gasteiger partial charge in [0.25, 0.3) is 0 Å². The van der Waals surface area contributed by atoms with Gasteiger partial charge in [-0.3, -0.25) is 0 Å². The van der Waals surface area contributed by atoms with E-state index < -0.39 is 0 Å². The average molecular weight is 292 g/mol. The fourth-order valence-electron chi connectivity index (χ4n) is 2.01. The molecule has 3 nitrogen and oxygen atoms in total. The van der Waals surface area contributed by atoms with Crippen molar-refractivity contribution >= 4 is 11.6 Å². The molecule has 106 valence electrons. The summed E-state index contributed by atoms with van der Waals surface area (Å²) < 4.78 is 10.5. The van der Waals surface area contributed by atoms with Crippen molar-refractivity contribution in [2.24, 2.45) is 0 Å². The fraction of sp³-hybridized carbons (Fsp3) is 0.250. The minimum absolute atomic E-state index is 0.629. The highest BCUT2D eigenvalue weighted by Gasteiger charge is 2.03. The van der Waals surface area contributed by atoms with Crippen LogP contribution >= 0.6 is 11.6 Å². The van der Waals surface area contributed by atoms with Crippen molar-refractivity contribution < 1.29 is 9.47 Å². The number of rotatable bonds is 6. The van der Waals surface area contributed by atoms with Crippen molar-refractivity contribution in [3.63, 3.8) is 0 Å². The first-order chi connectivity index (χ1) is 9.74. The van der Waals surface area contributed by atoms with Crippen LogP contribution in [0.5, 0.6) is 11.5 Å². The predicted molar refractivity (Wildman–Crippen MR) is 81.5 cm³/mol. The molecule has 0 unspecified atom stereocenters. The van der Waals surface area contributed by atoms with Crippen LogP contribution in [-0.2, 0) is 13.1 Å². The third kappa shape index (κ3) is 3.65. The molecule has 0 fully saturated rings. The Balaban J connectivity index is 1.94. The van der Waals surface area contributed by atoms with E-state index in [1.807, 2.05) is 42.5 Å². The van der Waals surface area contributed by atoms with Gasteiger partial charge >= 0.3 is 0 Å². The van der Waals surface area contributed by atoms with Crippen LogP contribution < -0.4 is 14.8 Å². The molecule has 20 heavy (non-hydrogen) atoms. The lowest BCUT2D eigenvalue weighted by molar-refractivity contribution is 0.407. The Kier molecular flexibility index (Phi) is 5.27. The summed E-state index contributed by atoms with van der Waals surface area (Å²) in [6, 6.07) is 13.8. The molecule has 0 saturated carbocycles. The van der Waals surface area contributed by atoms with E-state index in [-0.39, 0.29) is 0 Å². The normalized spacial score (nSPS) is 10.3. The number of benzene rings is 2. The molecule has 0 aliphatic rings. The summed E-state index contributed by atoms with van der Waals surface area (Å²) in [6.07, 6.45) is 0. The summed E-state index contributed by atoms with van der Waals surface area (Å²) in [4.78, 5) is 0. The topological polar surface area (TPSA) is 30.5 Å². The summed E-state index contributed by atoms with van der Waals surface area (Å²) >= 11 is 6.10. The van der Waals surface area contributed by atoms with Crippen molar-refractivity contribution in [2.75, 3.05) is 14.2 Å². The summed E-state index contributed by atoms with van der Waals surface area (Å²) in [5.41, 5.74) is 2.25. The smallest absolute Gasteiger partial charge is 0.137 e. The molecule has 0 aliphatic heterocycles. The number of halogens is 1. The van der Waals surface area contributed by atoms with E-state index in [9.17, 15) is 0 Å². The van der Waals surface area contributed by atoms with Gasteiger partial charge in [0.2, 0.25) is 0 Å². The number of ether oxygens (including phenoxy) is 2. The first-order valence-electron chi connectivity index (χ1n) is 6.39. The maximum atomic E-state index is 6.10. The molecule has 0 heterocycles. The second kappa shape index (κ2) is 7.17. The first-order valence-corrected chi connectivity index (χ1v) is 6.77. The van der Waals surface area contributed by atoms with Crippen LogP contribution in [0, 0.1) is 0 Å². The van der Waals surface area contributed by atoms with Crippen LogP contribution in [0.25, 0.3) is 0 Å². The first kappa shape index (κ1) is 14.7. The predicted octanol–water partition coefficient (Wildman–Crippen LogP) is 3.65. The van der Waals surface area contributed by atoms with E-state index in [1.54, 1.807) is 14.2 Å². The van der Waals surface area contributed by atoms with Gasteiger partial charge in [0.15, 0.2) is 0 Å². The molecule has 0 spiro atoms. The highest BCUT2D eigenvalue weighted by atomic mass is 35.5. The molecule has 2 aromatic carbocycles. The molecule has 2 aromatic rings. The number of methoxy groups -OCH3 is 2. The van der Waals surface area contributed by atoms with E-state index in [0.29, 0.717) is 10.8 Å². The highest BCUT2D eigenvalue weighted by Crippen LogP contribution is 2.25. The highest BCUT2D eigenvalue weighted by molar-refractivity contribution is 6.32. The summed E-state index contributed by atoms with van der Waals surface area (Å²) in [6.45, 7) is 1.48. The third-order valence-corrected chi connectivity index (χ3v) is 3.35. The van der Waals surface area contributed by atoms with Crippen LogP contribution in [0.2, 0.25) is 5.02 Å². The Morgan fingerprint density at radius 3 is 2.40 bits per heavy atom. The maximum Gasteiger partial charge on any atom is 0.137 e. The van der Waals surface area contributed by atoms with Crippen molar-refractivity contribution in [1.29, 1.82) is 0 Å². The Hall–Kier alpha value is -1.71. The second-order valence-corrected chi connectivity index (χ2v) is 4.79. The number of para-hydroxylation sites is 1. The van der Waals surface area contributed by atoms with E-state index in [0.717, 1.165) is 30.0 Å². The van der Waals surface area contributed by atoms with Gasteiger partial charge in [-0.15, -0.1) is 0 Å². The van der Waals surface area contributed by atoms with Gasteiger partial charge in [0.1, 0.15) is 11.5 Å². The van der Waals surface area contributed by atoms with Crippen LogP contribution in [0.3, 0.4) is 0 Å². The Morgan fingerprint density at radius 1 is 0.950 bits per heavy atom. The summed E-state index contributed by atoms with van der Waals surface area (Å²) in [7, 11) is 3.29. The molecule has 0 aromatic heterocycles. The third-order valence-electron chi connectivity index (χ3n) is 3.05. The molecule has 0 atom stereocenters. The number of hydrogen-bond acceptors (Lipinski definition) is 3. The van der Waals surface area contributed by atoms with Crippen molar-refractivity contribution in [3.8, 4) is 11.5 Å². The molecular weight excluding hydrogens is 274 g/mol. The minimum atomic E-state index is 0.629. The van der Waals surface area contributed by atoms with Crippen molar-refractivity contribution in [3.05, 3.63) is 58.6 Å². The van der Waals surface area contributed by atoms with E-state index >= 15 is 0 Å². The Morgan fingerprint density at radius 2 is 1.70 bits per heavy atom. The molecule has 0 aliphatic carbocycles. The molecule has 0 bridgehead atoms. The molecule has 1 N–H and O–H groups in total. The van der Waals surface area contributed by atoms with Gasteiger partial charge in [0.05, 0.1) is 19.2 Å². The van der Waals surface area contributed by atoms with Gasteiger partial charge < -0.3 is 14.8 Å². The van der Waals surface area contributed by atoms with Gasteiger partial charge in [-0.1, -0.05) is 35.9 Å². The molecule has 4 heteroatoms. The Bertz CT molecular complexity index is 572. The lowest BCUT2D eigenvalue weighted by atomic mass is 10.2. The zero-order chi connectivity index (χ0) is 14.4. The lowest BCUT2D eigenvalue weighted by Gasteiger charge is -2.10. The largest absolute Gasteiger partial charge is 0.496 e. The molecule has 0 amide bonds. The number of nitrogens with one attached hydrogen (secondary N) is 1. The molecule has 0 radical (unpaired) electrons. The van der Waals surface area contributed by atoms with Crippen LogP contribution in [0.1, 0.15) is 11.1 Å². The van der Waals surface area contributed by atoms with Crippen molar-refractivity contribution in [2.45, 2.75) is 13.1 Å². The maximum absolute atomic E-state index is 6.10. The zero-order valence-electron chi connectivity index (χ0n) is 11.7. The van der Waals surface area contributed by atoms with Gasteiger partial charge in [0, 0.05) is 18.7 Å². The van der Waals surface area contributed by atoms with E-state index in [4.69, 9.17) is 21.1 Å². The van der Waals surface area contributed by atoms with Gasteiger partial charge in [-0.25, -0.2) is 0 Å². The monoisotopic (exact) mass is 291 g/mol. The quantitative estimate of drug-likeness (QED) is 0.881. The second-order valence-electron chi connectivity index (χ2n) is 4.38.